The zero-order valence-electron chi connectivity index (χ0n) is 22.5. The highest BCUT2D eigenvalue weighted by Gasteiger charge is 2.42. The second kappa shape index (κ2) is 12.5. The first-order chi connectivity index (χ1) is 18.5. The van der Waals surface area contributed by atoms with E-state index in [1.54, 1.807) is 24.3 Å². The van der Waals surface area contributed by atoms with Crippen LogP contribution < -0.4 is 20.4 Å². The first-order valence-electron chi connectivity index (χ1n) is 14.9. The van der Waals surface area contributed by atoms with Crippen LogP contribution in [0.25, 0.3) is 0 Å². The molecular weight excluding hydrogens is 480 g/mol. The fourth-order valence-electron chi connectivity index (χ4n) is 6.63. The van der Waals surface area contributed by atoms with E-state index in [1.165, 1.54) is 48.3 Å². The van der Waals surface area contributed by atoms with Gasteiger partial charge in [0.05, 0.1) is 36.3 Å². The van der Waals surface area contributed by atoms with Crippen molar-refractivity contribution in [3.05, 3.63) is 24.3 Å². The maximum absolute atomic E-state index is 13.2. The highest BCUT2D eigenvalue weighted by atomic mass is 16.2. The number of benzene rings is 1. The Morgan fingerprint density at radius 2 is 0.816 bits per heavy atom. The van der Waals surface area contributed by atoms with Crippen LogP contribution in [-0.2, 0) is 19.2 Å². The summed E-state index contributed by atoms with van der Waals surface area (Å²) in [7, 11) is 0. The summed E-state index contributed by atoms with van der Waals surface area (Å²) < 4.78 is 0. The summed E-state index contributed by atoms with van der Waals surface area (Å²) in [5.41, 5.74) is 0.961. The van der Waals surface area contributed by atoms with Crippen LogP contribution >= 0.6 is 0 Å². The van der Waals surface area contributed by atoms with Crippen molar-refractivity contribution in [1.29, 1.82) is 0 Å². The predicted octanol–water partition coefficient (Wildman–Crippen LogP) is 4.36. The third kappa shape index (κ3) is 6.18. The lowest BCUT2D eigenvalue weighted by molar-refractivity contribution is -0.123. The van der Waals surface area contributed by atoms with Crippen LogP contribution in [0.3, 0.4) is 0 Å². The summed E-state index contributed by atoms with van der Waals surface area (Å²) in [5, 5.41) is 6.92. The van der Waals surface area contributed by atoms with Crippen molar-refractivity contribution in [1.82, 2.24) is 10.6 Å². The standard InChI is InChI=1S/C30H42N4O4/c35-27-19-25(31-21-11-7-3-1-4-8-12-21)29(37)33(27)23-15-17-24(18-16-23)34-28(36)20-26(30(34)38)32-22-13-9-5-2-6-10-14-22/h15-18,21-22,25-26,31-32H,1-14,19-20H2. The first-order valence-corrected chi connectivity index (χ1v) is 14.9. The van der Waals surface area contributed by atoms with E-state index in [4.69, 9.17) is 0 Å². The largest absolute Gasteiger partial charge is 0.303 e. The van der Waals surface area contributed by atoms with Gasteiger partial charge in [-0.2, -0.15) is 0 Å². The van der Waals surface area contributed by atoms with Gasteiger partial charge >= 0.3 is 0 Å². The molecule has 1 aromatic carbocycles. The Bertz CT molecular complexity index is 929. The number of imide groups is 2. The Labute approximate surface area is 225 Å². The number of nitrogens with zero attached hydrogens (tertiary/aromatic N) is 2. The van der Waals surface area contributed by atoms with E-state index in [9.17, 15) is 19.2 Å². The SMILES string of the molecule is O=C1CC(NC2CCCCCCC2)C(=O)N1c1ccc(N2C(=O)CC(NC3CCCCCCC3)C2=O)cc1. The Hall–Kier alpha value is -2.58. The Kier molecular flexibility index (Phi) is 8.89. The summed E-state index contributed by atoms with van der Waals surface area (Å²) in [6.45, 7) is 0. The van der Waals surface area contributed by atoms with Crippen LogP contribution in [0, 0.1) is 0 Å². The number of carbonyl (C=O) groups is 4. The number of rotatable bonds is 6. The average molecular weight is 523 g/mol. The second-order valence-corrected chi connectivity index (χ2v) is 11.6. The first kappa shape index (κ1) is 27.0. The third-order valence-electron chi connectivity index (χ3n) is 8.74. The van der Waals surface area contributed by atoms with Gasteiger partial charge in [-0.1, -0.05) is 64.2 Å². The highest BCUT2D eigenvalue weighted by Crippen LogP contribution is 2.30. The summed E-state index contributed by atoms with van der Waals surface area (Å²) in [6.07, 6.45) is 16.6. The van der Waals surface area contributed by atoms with E-state index in [-0.39, 0.29) is 48.6 Å². The molecule has 2 saturated carbocycles. The molecule has 8 nitrogen and oxygen atoms in total. The lowest BCUT2D eigenvalue weighted by Crippen LogP contribution is -2.44. The summed E-state index contributed by atoms with van der Waals surface area (Å²) in [6, 6.07) is 6.23. The van der Waals surface area contributed by atoms with E-state index in [0.717, 1.165) is 51.4 Å². The van der Waals surface area contributed by atoms with E-state index in [2.05, 4.69) is 10.6 Å². The van der Waals surface area contributed by atoms with Crippen molar-refractivity contribution < 1.29 is 19.2 Å². The number of carbonyl (C=O) groups excluding carboxylic acids is 4. The van der Waals surface area contributed by atoms with Crippen LogP contribution in [-0.4, -0.2) is 47.8 Å². The molecule has 0 bridgehead atoms. The summed E-state index contributed by atoms with van der Waals surface area (Å²) in [4.78, 5) is 54.5. The molecule has 2 heterocycles. The van der Waals surface area contributed by atoms with Gasteiger partial charge in [0, 0.05) is 12.1 Å². The lowest BCUT2D eigenvalue weighted by atomic mass is 9.96. The molecule has 0 spiro atoms. The molecule has 2 aliphatic carbocycles. The number of anilines is 2. The van der Waals surface area contributed by atoms with Crippen molar-refractivity contribution in [2.75, 3.05) is 9.80 Å². The smallest absolute Gasteiger partial charge is 0.251 e. The van der Waals surface area contributed by atoms with Crippen LogP contribution in [0.4, 0.5) is 11.4 Å². The maximum atomic E-state index is 13.2. The van der Waals surface area contributed by atoms with Gasteiger partial charge in [0.1, 0.15) is 0 Å². The number of nitrogens with one attached hydrogen (secondary N) is 2. The molecule has 38 heavy (non-hydrogen) atoms. The number of amides is 4. The van der Waals surface area contributed by atoms with E-state index >= 15 is 0 Å². The van der Waals surface area contributed by atoms with Crippen molar-refractivity contribution in [2.45, 2.75) is 127 Å². The summed E-state index contributed by atoms with van der Waals surface area (Å²) >= 11 is 0. The van der Waals surface area contributed by atoms with Gasteiger partial charge in [0.25, 0.3) is 11.8 Å². The minimum absolute atomic E-state index is 0.161. The molecule has 8 heteroatoms. The molecule has 1 aromatic rings. The van der Waals surface area contributed by atoms with E-state index in [0.29, 0.717) is 11.4 Å². The van der Waals surface area contributed by atoms with Gasteiger partial charge in [0.15, 0.2) is 0 Å². The predicted molar refractivity (Wildman–Crippen MR) is 147 cm³/mol. The van der Waals surface area contributed by atoms with Crippen molar-refractivity contribution >= 4 is 35.0 Å². The molecule has 2 saturated heterocycles. The molecule has 4 amide bonds. The Morgan fingerprint density at radius 1 is 0.500 bits per heavy atom. The normalized spacial score (nSPS) is 26.9. The van der Waals surface area contributed by atoms with Crippen molar-refractivity contribution in [3.8, 4) is 0 Å². The zero-order chi connectivity index (χ0) is 26.5. The highest BCUT2D eigenvalue weighted by molar-refractivity contribution is 6.24. The van der Waals surface area contributed by atoms with Gasteiger partial charge < -0.3 is 10.6 Å². The monoisotopic (exact) mass is 522 g/mol. The second-order valence-electron chi connectivity index (χ2n) is 11.6. The van der Waals surface area contributed by atoms with Gasteiger partial charge in [-0.05, 0) is 49.9 Å². The van der Waals surface area contributed by atoms with Crippen molar-refractivity contribution in [2.24, 2.45) is 0 Å². The molecule has 5 rings (SSSR count). The number of hydrogen-bond acceptors (Lipinski definition) is 6. The molecule has 4 fully saturated rings. The fraction of sp³-hybridized carbons (Fsp3) is 0.667. The van der Waals surface area contributed by atoms with Gasteiger partial charge in [-0.15, -0.1) is 0 Å². The van der Waals surface area contributed by atoms with Crippen LogP contribution in [0.5, 0.6) is 0 Å². The fourth-order valence-corrected chi connectivity index (χ4v) is 6.63. The Balaban J connectivity index is 1.21. The van der Waals surface area contributed by atoms with Crippen molar-refractivity contribution in [3.63, 3.8) is 0 Å². The Morgan fingerprint density at radius 3 is 1.16 bits per heavy atom. The van der Waals surface area contributed by atoms with Gasteiger partial charge in [-0.3, -0.25) is 19.2 Å². The molecule has 0 aromatic heterocycles. The molecule has 206 valence electrons. The molecule has 2 N–H and O–H groups in total. The molecule has 2 atom stereocenters. The maximum Gasteiger partial charge on any atom is 0.251 e. The molecule has 0 radical (unpaired) electrons. The topological polar surface area (TPSA) is 98.8 Å². The number of hydrogen-bond donors (Lipinski definition) is 2. The molecule has 4 aliphatic rings. The van der Waals surface area contributed by atoms with E-state index in [1.807, 2.05) is 0 Å². The quantitative estimate of drug-likeness (QED) is 0.539. The molecular formula is C30H42N4O4. The van der Waals surface area contributed by atoms with Crippen LogP contribution in [0.15, 0.2) is 24.3 Å². The van der Waals surface area contributed by atoms with Gasteiger partial charge in [0.2, 0.25) is 11.8 Å². The minimum atomic E-state index is -0.492. The lowest BCUT2D eigenvalue weighted by Gasteiger charge is -2.24. The van der Waals surface area contributed by atoms with Crippen LogP contribution in [0.2, 0.25) is 0 Å². The average Bonchev–Trinajstić information content (AvgIpc) is 3.30. The van der Waals surface area contributed by atoms with Gasteiger partial charge in [-0.25, -0.2) is 9.80 Å². The van der Waals surface area contributed by atoms with Crippen LogP contribution in [0.1, 0.15) is 103 Å². The third-order valence-corrected chi connectivity index (χ3v) is 8.74. The van der Waals surface area contributed by atoms with E-state index < -0.39 is 12.1 Å². The zero-order valence-corrected chi connectivity index (χ0v) is 22.5. The molecule has 2 aliphatic heterocycles. The molecule has 2 unspecified atom stereocenters. The summed E-state index contributed by atoms with van der Waals surface area (Å²) in [5.74, 6) is -0.881. The minimum Gasteiger partial charge on any atom is -0.303 e.